The van der Waals surface area contributed by atoms with Crippen molar-refractivity contribution in [2.75, 3.05) is 18.0 Å². The van der Waals surface area contributed by atoms with Crippen LogP contribution < -0.4 is 15.4 Å². The van der Waals surface area contributed by atoms with Gasteiger partial charge in [-0.3, -0.25) is 0 Å². The molecule has 2 rings (SSSR count). The van der Waals surface area contributed by atoms with Crippen molar-refractivity contribution in [2.24, 2.45) is 5.73 Å². The number of hydrogen-bond donors (Lipinski definition) is 1. The third-order valence-corrected chi connectivity index (χ3v) is 2.95. The lowest BCUT2D eigenvalue weighted by atomic mass is 10.1. The fraction of sp³-hybridized carbons (Fsp3) is 0.615. The maximum atomic E-state index is 5.92. The number of ether oxygens (including phenoxy) is 1. The second-order valence-electron chi connectivity index (χ2n) is 4.82. The van der Waals surface area contributed by atoms with E-state index in [1.807, 2.05) is 32.2 Å². The summed E-state index contributed by atoms with van der Waals surface area (Å²) < 4.78 is 5.79. The molecule has 1 aromatic rings. The van der Waals surface area contributed by atoms with Gasteiger partial charge in [0.1, 0.15) is 0 Å². The van der Waals surface area contributed by atoms with Crippen LogP contribution in [-0.2, 0) is 0 Å². The van der Waals surface area contributed by atoms with Crippen LogP contribution >= 0.6 is 0 Å². The first-order valence-corrected chi connectivity index (χ1v) is 6.29. The SMILES string of the molecule is CC(C)Oc1cccnc1N1CCC(N)CC1. The number of anilines is 1. The summed E-state index contributed by atoms with van der Waals surface area (Å²) in [5, 5.41) is 0. The molecule has 0 amide bonds. The lowest BCUT2D eigenvalue weighted by Gasteiger charge is -2.32. The summed E-state index contributed by atoms with van der Waals surface area (Å²) in [5.74, 6) is 1.83. The van der Waals surface area contributed by atoms with Crippen molar-refractivity contribution in [3.8, 4) is 5.75 Å². The van der Waals surface area contributed by atoms with Gasteiger partial charge in [0.05, 0.1) is 6.10 Å². The molecule has 0 aliphatic carbocycles. The molecule has 0 unspecified atom stereocenters. The van der Waals surface area contributed by atoms with E-state index in [2.05, 4.69) is 9.88 Å². The molecule has 2 heterocycles. The predicted molar refractivity (Wildman–Crippen MR) is 69.4 cm³/mol. The van der Waals surface area contributed by atoms with Gasteiger partial charge in [-0.05, 0) is 38.8 Å². The molecule has 0 radical (unpaired) electrons. The van der Waals surface area contributed by atoms with E-state index in [0.717, 1.165) is 37.5 Å². The normalized spacial score (nSPS) is 17.5. The minimum absolute atomic E-state index is 0.171. The average Bonchev–Trinajstić information content (AvgIpc) is 2.30. The Balaban J connectivity index is 2.14. The Morgan fingerprint density at radius 1 is 1.41 bits per heavy atom. The van der Waals surface area contributed by atoms with E-state index in [1.165, 1.54) is 0 Å². The summed E-state index contributed by atoms with van der Waals surface area (Å²) >= 11 is 0. The summed E-state index contributed by atoms with van der Waals surface area (Å²) in [6, 6.07) is 4.23. The fourth-order valence-corrected chi connectivity index (χ4v) is 2.08. The second kappa shape index (κ2) is 5.36. The van der Waals surface area contributed by atoms with Crippen LogP contribution in [0.25, 0.3) is 0 Å². The van der Waals surface area contributed by atoms with Crippen LogP contribution in [0.3, 0.4) is 0 Å². The maximum Gasteiger partial charge on any atom is 0.171 e. The van der Waals surface area contributed by atoms with Crippen LogP contribution in [-0.4, -0.2) is 30.2 Å². The van der Waals surface area contributed by atoms with E-state index >= 15 is 0 Å². The highest BCUT2D eigenvalue weighted by atomic mass is 16.5. The first kappa shape index (κ1) is 12.2. The summed E-state index contributed by atoms with van der Waals surface area (Å²) in [6.45, 7) is 5.99. The fourth-order valence-electron chi connectivity index (χ4n) is 2.08. The lowest BCUT2D eigenvalue weighted by molar-refractivity contribution is 0.241. The molecule has 0 spiro atoms. The van der Waals surface area contributed by atoms with E-state index in [9.17, 15) is 0 Å². The standard InChI is InChI=1S/C13H21N3O/c1-10(2)17-12-4-3-7-15-13(12)16-8-5-11(14)6-9-16/h3-4,7,10-11H,5-6,8-9,14H2,1-2H3. The van der Waals surface area contributed by atoms with Crippen LogP contribution in [0.4, 0.5) is 5.82 Å². The second-order valence-corrected chi connectivity index (χ2v) is 4.82. The van der Waals surface area contributed by atoms with E-state index in [0.29, 0.717) is 6.04 Å². The van der Waals surface area contributed by atoms with Gasteiger partial charge in [-0.15, -0.1) is 0 Å². The zero-order chi connectivity index (χ0) is 12.3. The molecule has 1 aromatic heterocycles. The Hall–Kier alpha value is -1.29. The van der Waals surface area contributed by atoms with E-state index < -0.39 is 0 Å². The molecule has 1 fully saturated rings. The van der Waals surface area contributed by atoms with Gasteiger partial charge in [0.25, 0.3) is 0 Å². The lowest BCUT2D eigenvalue weighted by Crippen LogP contribution is -2.40. The third-order valence-electron chi connectivity index (χ3n) is 2.95. The molecule has 4 heteroatoms. The number of nitrogens with zero attached hydrogens (tertiary/aromatic N) is 2. The molecule has 0 aromatic carbocycles. The van der Waals surface area contributed by atoms with Gasteiger partial charge in [-0.1, -0.05) is 0 Å². The molecular formula is C13H21N3O. The van der Waals surface area contributed by atoms with E-state index in [1.54, 1.807) is 0 Å². The number of rotatable bonds is 3. The van der Waals surface area contributed by atoms with Crippen molar-refractivity contribution in [2.45, 2.75) is 38.8 Å². The molecule has 17 heavy (non-hydrogen) atoms. The smallest absolute Gasteiger partial charge is 0.171 e. The minimum atomic E-state index is 0.171. The summed E-state index contributed by atoms with van der Waals surface area (Å²) in [4.78, 5) is 6.71. The zero-order valence-corrected chi connectivity index (χ0v) is 10.6. The van der Waals surface area contributed by atoms with Crippen LogP contribution in [0.5, 0.6) is 5.75 Å². The van der Waals surface area contributed by atoms with E-state index in [-0.39, 0.29) is 6.10 Å². The molecular weight excluding hydrogens is 214 g/mol. The number of piperidine rings is 1. The van der Waals surface area contributed by atoms with Crippen molar-refractivity contribution in [3.05, 3.63) is 18.3 Å². The Bertz CT molecular complexity index is 359. The third kappa shape index (κ3) is 3.09. The first-order chi connectivity index (χ1) is 8.16. The molecule has 4 nitrogen and oxygen atoms in total. The van der Waals surface area contributed by atoms with Crippen molar-refractivity contribution in [3.63, 3.8) is 0 Å². The number of hydrogen-bond acceptors (Lipinski definition) is 4. The largest absolute Gasteiger partial charge is 0.487 e. The van der Waals surface area contributed by atoms with Crippen molar-refractivity contribution in [1.29, 1.82) is 0 Å². The van der Waals surface area contributed by atoms with Crippen LogP contribution in [0.1, 0.15) is 26.7 Å². The number of pyridine rings is 1. The Morgan fingerprint density at radius 3 is 2.76 bits per heavy atom. The van der Waals surface area contributed by atoms with Crippen molar-refractivity contribution >= 4 is 5.82 Å². The molecule has 0 saturated carbocycles. The maximum absolute atomic E-state index is 5.92. The van der Waals surface area contributed by atoms with Crippen LogP contribution in [0, 0.1) is 0 Å². The van der Waals surface area contributed by atoms with Gasteiger partial charge < -0.3 is 15.4 Å². The quantitative estimate of drug-likeness (QED) is 0.868. The summed E-state index contributed by atoms with van der Waals surface area (Å²) in [7, 11) is 0. The Morgan fingerprint density at radius 2 is 2.12 bits per heavy atom. The minimum Gasteiger partial charge on any atom is -0.487 e. The highest BCUT2D eigenvalue weighted by Gasteiger charge is 2.20. The van der Waals surface area contributed by atoms with Crippen molar-refractivity contribution in [1.82, 2.24) is 4.98 Å². The Labute approximate surface area is 103 Å². The molecule has 94 valence electrons. The molecule has 0 atom stereocenters. The molecule has 1 aliphatic rings. The zero-order valence-electron chi connectivity index (χ0n) is 10.6. The monoisotopic (exact) mass is 235 g/mol. The molecule has 0 bridgehead atoms. The molecule has 2 N–H and O–H groups in total. The van der Waals surface area contributed by atoms with Crippen molar-refractivity contribution < 1.29 is 4.74 Å². The van der Waals surface area contributed by atoms with E-state index in [4.69, 9.17) is 10.5 Å². The van der Waals surface area contributed by atoms with Gasteiger partial charge >= 0.3 is 0 Å². The average molecular weight is 235 g/mol. The highest BCUT2D eigenvalue weighted by molar-refractivity contribution is 5.52. The van der Waals surface area contributed by atoms with Crippen LogP contribution in [0.15, 0.2) is 18.3 Å². The molecule has 1 saturated heterocycles. The number of aromatic nitrogens is 1. The summed E-state index contributed by atoms with van der Waals surface area (Å²) in [6.07, 6.45) is 4.04. The number of nitrogens with two attached hydrogens (primary N) is 1. The highest BCUT2D eigenvalue weighted by Crippen LogP contribution is 2.28. The van der Waals surface area contributed by atoms with Gasteiger partial charge in [-0.25, -0.2) is 4.98 Å². The van der Waals surface area contributed by atoms with Gasteiger partial charge in [0.15, 0.2) is 11.6 Å². The topological polar surface area (TPSA) is 51.4 Å². The predicted octanol–water partition coefficient (Wildman–Crippen LogP) is 1.80. The molecule has 1 aliphatic heterocycles. The summed E-state index contributed by atoms with van der Waals surface area (Å²) in [5.41, 5.74) is 5.92. The Kier molecular flexibility index (Phi) is 3.84. The van der Waals surface area contributed by atoms with Crippen LogP contribution in [0.2, 0.25) is 0 Å². The first-order valence-electron chi connectivity index (χ1n) is 6.29. The van der Waals surface area contributed by atoms with Gasteiger partial charge in [0, 0.05) is 25.3 Å². The van der Waals surface area contributed by atoms with Gasteiger partial charge in [-0.2, -0.15) is 0 Å². The van der Waals surface area contributed by atoms with Gasteiger partial charge in [0.2, 0.25) is 0 Å².